The molecular weight excluding hydrogens is 244 g/mol. The molecule has 0 saturated carbocycles. The number of carbonyl (C=O) groups excluding carboxylic acids is 1. The van der Waals surface area contributed by atoms with Gasteiger partial charge in [0.25, 0.3) is 0 Å². The predicted molar refractivity (Wildman–Crippen MR) is 70.6 cm³/mol. The zero-order chi connectivity index (χ0) is 13.7. The van der Waals surface area contributed by atoms with E-state index in [1.54, 1.807) is 6.92 Å². The van der Waals surface area contributed by atoms with Crippen LogP contribution in [0.2, 0.25) is 0 Å². The third kappa shape index (κ3) is 4.18. The zero-order valence-electron chi connectivity index (χ0n) is 10.9. The van der Waals surface area contributed by atoms with Gasteiger partial charge in [-0.25, -0.2) is 0 Å². The molecule has 0 atom stereocenters. The van der Waals surface area contributed by atoms with E-state index in [2.05, 4.69) is 20.8 Å². The Labute approximate surface area is 111 Å². The fraction of sp³-hybridized carbons (Fsp3) is 0.308. The summed E-state index contributed by atoms with van der Waals surface area (Å²) in [6.45, 7) is 4.31. The molecule has 1 heterocycles. The minimum atomic E-state index is -0.111. The first-order valence-corrected chi connectivity index (χ1v) is 6.00. The molecule has 19 heavy (non-hydrogen) atoms. The van der Waals surface area contributed by atoms with Gasteiger partial charge in [0.05, 0.1) is 13.1 Å². The third-order valence-electron chi connectivity index (χ3n) is 2.47. The molecule has 100 valence electrons. The summed E-state index contributed by atoms with van der Waals surface area (Å²) in [5, 5.41) is 9.39. The van der Waals surface area contributed by atoms with Gasteiger partial charge >= 0.3 is 0 Å². The molecule has 0 aliphatic carbocycles. The van der Waals surface area contributed by atoms with Crippen LogP contribution in [0.5, 0.6) is 0 Å². The monoisotopic (exact) mass is 260 g/mol. The maximum Gasteiger partial charge on any atom is 0.240 e. The fourth-order valence-electron chi connectivity index (χ4n) is 1.54. The number of hydrogen-bond donors (Lipinski definition) is 2. The van der Waals surface area contributed by atoms with Crippen LogP contribution in [0, 0.1) is 13.8 Å². The normalized spacial score (nSPS) is 10.4. The number of benzene rings is 1. The summed E-state index contributed by atoms with van der Waals surface area (Å²) in [6, 6.07) is 7.64. The molecule has 0 bridgehead atoms. The van der Waals surface area contributed by atoms with Crippen LogP contribution < -0.4 is 10.6 Å². The van der Waals surface area contributed by atoms with Crippen LogP contribution in [-0.4, -0.2) is 22.6 Å². The van der Waals surface area contributed by atoms with Crippen molar-refractivity contribution in [3.05, 3.63) is 41.5 Å². The van der Waals surface area contributed by atoms with Crippen molar-refractivity contribution in [2.24, 2.45) is 0 Å². The van der Waals surface area contributed by atoms with E-state index in [1.807, 2.05) is 31.2 Å². The molecule has 0 spiro atoms. The maximum absolute atomic E-state index is 11.7. The smallest absolute Gasteiger partial charge is 0.240 e. The van der Waals surface area contributed by atoms with E-state index in [-0.39, 0.29) is 12.5 Å². The highest BCUT2D eigenvalue weighted by Gasteiger charge is 2.05. The van der Waals surface area contributed by atoms with Crippen LogP contribution in [0.15, 0.2) is 28.8 Å². The molecule has 1 aromatic heterocycles. The van der Waals surface area contributed by atoms with Crippen molar-refractivity contribution in [2.45, 2.75) is 20.4 Å². The lowest BCUT2D eigenvalue weighted by Crippen LogP contribution is -2.27. The molecule has 0 saturated heterocycles. The van der Waals surface area contributed by atoms with E-state index in [0.29, 0.717) is 18.3 Å². The summed E-state index contributed by atoms with van der Waals surface area (Å²) in [7, 11) is 0. The summed E-state index contributed by atoms with van der Waals surface area (Å²) in [5.74, 6) is 0.946. The van der Waals surface area contributed by atoms with Crippen molar-refractivity contribution in [3.63, 3.8) is 0 Å². The molecule has 6 heteroatoms. The summed E-state index contributed by atoms with van der Waals surface area (Å²) in [5.41, 5.74) is 1.94. The second-order valence-electron chi connectivity index (χ2n) is 4.25. The number of nitrogens with one attached hydrogen (secondary N) is 2. The minimum Gasteiger partial charge on any atom is -0.338 e. The van der Waals surface area contributed by atoms with Gasteiger partial charge in [-0.1, -0.05) is 22.9 Å². The van der Waals surface area contributed by atoms with Crippen LogP contribution in [0.4, 0.5) is 5.69 Å². The van der Waals surface area contributed by atoms with Crippen molar-refractivity contribution in [2.75, 3.05) is 11.9 Å². The van der Waals surface area contributed by atoms with Gasteiger partial charge in [0, 0.05) is 5.69 Å². The molecular formula is C13H16N4O2. The van der Waals surface area contributed by atoms with E-state index in [9.17, 15) is 4.79 Å². The molecule has 0 aliphatic heterocycles. The van der Waals surface area contributed by atoms with Gasteiger partial charge in [0.2, 0.25) is 11.8 Å². The molecule has 0 fully saturated rings. The predicted octanol–water partition coefficient (Wildman–Crippen LogP) is 1.41. The summed E-state index contributed by atoms with van der Waals surface area (Å²) in [6.07, 6.45) is 0. The second kappa shape index (κ2) is 6.10. The minimum absolute atomic E-state index is 0.111. The SMILES string of the molecule is Cc1ccc(NC(=O)CNCc2nc(C)no2)cc1. The van der Waals surface area contributed by atoms with E-state index in [4.69, 9.17) is 4.52 Å². The van der Waals surface area contributed by atoms with Crippen molar-refractivity contribution in [1.82, 2.24) is 15.5 Å². The first-order valence-electron chi connectivity index (χ1n) is 6.00. The number of hydrogen-bond acceptors (Lipinski definition) is 5. The van der Waals surface area contributed by atoms with Crippen molar-refractivity contribution < 1.29 is 9.32 Å². The molecule has 1 aromatic carbocycles. The van der Waals surface area contributed by atoms with Crippen LogP contribution in [0.3, 0.4) is 0 Å². The third-order valence-corrected chi connectivity index (χ3v) is 2.47. The average molecular weight is 260 g/mol. The topological polar surface area (TPSA) is 80.0 Å². The highest BCUT2D eigenvalue weighted by molar-refractivity contribution is 5.92. The number of aryl methyl sites for hydroxylation is 2. The van der Waals surface area contributed by atoms with Gasteiger partial charge in [-0.05, 0) is 26.0 Å². The van der Waals surface area contributed by atoms with Crippen molar-refractivity contribution in [1.29, 1.82) is 0 Å². The number of aromatic nitrogens is 2. The highest BCUT2D eigenvalue weighted by Crippen LogP contribution is 2.07. The van der Waals surface area contributed by atoms with Crippen LogP contribution in [0.1, 0.15) is 17.3 Å². The highest BCUT2D eigenvalue weighted by atomic mass is 16.5. The maximum atomic E-state index is 11.7. The number of nitrogens with zero attached hydrogens (tertiary/aromatic N) is 2. The van der Waals surface area contributed by atoms with E-state index in [1.165, 1.54) is 0 Å². The lowest BCUT2D eigenvalue weighted by molar-refractivity contribution is -0.115. The largest absolute Gasteiger partial charge is 0.338 e. The van der Waals surface area contributed by atoms with E-state index in [0.717, 1.165) is 11.3 Å². The Morgan fingerprint density at radius 3 is 2.63 bits per heavy atom. The molecule has 0 aliphatic rings. The molecule has 2 N–H and O–H groups in total. The van der Waals surface area contributed by atoms with E-state index >= 15 is 0 Å². The Balaban J connectivity index is 1.74. The second-order valence-corrected chi connectivity index (χ2v) is 4.25. The first-order chi connectivity index (χ1) is 9.13. The van der Waals surface area contributed by atoms with Gasteiger partial charge in [0.1, 0.15) is 0 Å². The molecule has 2 rings (SSSR count). The van der Waals surface area contributed by atoms with Crippen LogP contribution in [0.25, 0.3) is 0 Å². The Kier molecular flexibility index (Phi) is 4.25. The van der Waals surface area contributed by atoms with Gasteiger partial charge < -0.3 is 9.84 Å². The zero-order valence-corrected chi connectivity index (χ0v) is 10.9. The number of amides is 1. The van der Waals surface area contributed by atoms with Crippen LogP contribution in [-0.2, 0) is 11.3 Å². The summed E-state index contributed by atoms with van der Waals surface area (Å²) in [4.78, 5) is 15.7. The molecule has 0 radical (unpaired) electrons. The lowest BCUT2D eigenvalue weighted by atomic mass is 10.2. The molecule has 6 nitrogen and oxygen atoms in total. The van der Waals surface area contributed by atoms with Gasteiger partial charge in [-0.15, -0.1) is 0 Å². The molecule has 2 aromatic rings. The fourth-order valence-corrected chi connectivity index (χ4v) is 1.54. The van der Waals surface area contributed by atoms with E-state index < -0.39 is 0 Å². The Hall–Kier alpha value is -2.21. The van der Waals surface area contributed by atoms with Crippen LogP contribution >= 0.6 is 0 Å². The number of anilines is 1. The van der Waals surface area contributed by atoms with Gasteiger partial charge in [-0.2, -0.15) is 4.98 Å². The summed E-state index contributed by atoms with van der Waals surface area (Å²) < 4.78 is 4.92. The molecule has 0 unspecified atom stereocenters. The average Bonchev–Trinajstić information content (AvgIpc) is 2.78. The first kappa shape index (κ1) is 13.2. The standard InChI is InChI=1S/C13H16N4O2/c1-9-3-5-11(6-4-9)16-12(18)7-14-8-13-15-10(2)17-19-13/h3-6,14H,7-8H2,1-2H3,(H,16,18). The lowest BCUT2D eigenvalue weighted by Gasteiger charge is -2.05. The van der Waals surface area contributed by atoms with Gasteiger partial charge in [-0.3, -0.25) is 10.1 Å². The number of carbonyl (C=O) groups is 1. The molecule has 1 amide bonds. The Bertz CT molecular complexity index is 548. The number of rotatable bonds is 5. The Morgan fingerprint density at radius 1 is 1.26 bits per heavy atom. The summed E-state index contributed by atoms with van der Waals surface area (Å²) >= 11 is 0. The van der Waals surface area contributed by atoms with Gasteiger partial charge in [0.15, 0.2) is 5.82 Å². The quantitative estimate of drug-likeness (QED) is 0.849. The van der Waals surface area contributed by atoms with Crippen molar-refractivity contribution >= 4 is 11.6 Å². The Morgan fingerprint density at radius 2 is 2.00 bits per heavy atom. The van der Waals surface area contributed by atoms with Crippen molar-refractivity contribution in [3.8, 4) is 0 Å².